The van der Waals surface area contributed by atoms with Gasteiger partial charge in [-0.1, -0.05) is 66.7 Å². The van der Waals surface area contributed by atoms with Crippen molar-refractivity contribution in [2.75, 3.05) is 6.61 Å². The predicted octanol–water partition coefficient (Wildman–Crippen LogP) is 4.12. The van der Waals surface area contributed by atoms with Gasteiger partial charge in [-0.05, 0) is 29.8 Å². The molecule has 17 nitrogen and oxygen atoms in total. The standard InChI is InChI=1S/C30H28N2O15P2/c33-24-16-17-32(28(34)31-24)27-26(46-30(36)43-22-14-8-3-9-15-22)25(45-29(35)42-21-12-6-2-7-13-21)23(44-27)18-41-49(39,40)47-48(37,38)19-20-10-4-1-5-11-20/h1-17,23,25-27H,18-19H2,(H,37,38)(H,39,40)(H,31,33,34)/t23-,25+,26?,27-/m1/s1. The molecule has 2 heterocycles. The predicted molar refractivity (Wildman–Crippen MR) is 167 cm³/mol. The van der Waals surface area contributed by atoms with Gasteiger partial charge in [0.1, 0.15) is 17.6 Å². The largest absolute Gasteiger partial charge is 0.514 e. The topological polar surface area (TPSA) is 228 Å². The maximum Gasteiger partial charge on any atom is 0.514 e. The Hall–Kier alpha value is -4.86. The summed E-state index contributed by atoms with van der Waals surface area (Å²) >= 11 is 0. The van der Waals surface area contributed by atoms with Crippen LogP contribution in [0.25, 0.3) is 0 Å². The molecule has 0 radical (unpaired) electrons. The van der Waals surface area contributed by atoms with Crippen LogP contribution in [0.1, 0.15) is 11.8 Å². The van der Waals surface area contributed by atoms with Gasteiger partial charge in [0, 0.05) is 12.3 Å². The lowest BCUT2D eigenvalue weighted by molar-refractivity contribution is -0.0604. The minimum Gasteiger partial charge on any atom is -0.424 e. The van der Waals surface area contributed by atoms with Crippen molar-refractivity contribution < 1.29 is 61.0 Å². The first-order valence-corrected chi connectivity index (χ1v) is 17.5. The van der Waals surface area contributed by atoms with Crippen molar-refractivity contribution in [1.82, 2.24) is 9.55 Å². The maximum absolute atomic E-state index is 12.9. The maximum atomic E-state index is 12.9. The number of carbonyl (C=O) groups excluding carboxylic acids is 2. The highest BCUT2D eigenvalue weighted by Gasteiger charge is 2.52. The summed E-state index contributed by atoms with van der Waals surface area (Å²) in [6.45, 7) is -0.995. The van der Waals surface area contributed by atoms with Gasteiger partial charge in [-0.25, -0.2) is 23.3 Å². The monoisotopic (exact) mass is 718 g/mol. The van der Waals surface area contributed by atoms with Crippen LogP contribution in [-0.2, 0) is 38.3 Å². The van der Waals surface area contributed by atoms with Gasteiger partial charge in [-0.15, -0.1) is 0 Å². The lowest BCUT2D eigenvalue weighted by atomic mass is 10.1. The van der Waals surface area contributed by atoms with Gasteiger partial charge < -0.3 is 33.5 Å². The van der Waals surface area contributed by atoms with Gasteiger partial charge in [-0.2, -0.15) is 0 Å². The molecule has 0 amide bonds. The van der Waals surface area contributed by atoms with E-state index in [1.165, 1.54) is 36.4 Å². The molecule has 0 spiro atoms. The first-order chi connectivity index (χ1) is 23.4. The quantitative estimate of drug-likeness (QED) is 0.106. The second-order valence-corrected chi connectivity index (χ2v) is 13.6. The highest BCUT2D eigenvalue weighted by Crippen LogP contribution is 2.61. The van der Waals surface area contributed by atoms with E-state index in [9.17, 15) is 38.1 Å². The molecule has 5 rings (SSSR count). The molecule has 1 aromatic heterocycles. The summed E-state index contributed by atoms with van der Waals surface area (Å²) in [6, 6.07) is 24.1. The zero-order valence-electron chi connectivity index (χ0n) is 25.1. The first-order valence-electron chi connectivity index (χ1n) is 14.3. The number of phosphoric acid groups is 1. The molecule has 0 bridgehead atoms. The van der Waals surface area contributed by atoms with Crippen LogP contribution in [0.5, 0.6) is 11.5 Å². The van der Waals surface area contributed by atoms with Crippen LogP contribution >= 0.6 is 15.4 Å². The van der Waals surface area contributed by atoms with E-state index < -0.39 is 76.3 Å². The molecule has 3 unspecified atom stereocenters. The Morgan fingerprint density at radius 1 is 0.776 bits per heavy atom. The van der Waals surface area contributed by atoms with E-state index in [4.69, 9.17) is 28.2 Å². The Balaban J connectivity index is 1.42. The average molecular weight is 719 g/mol. The second kappa shape index (κ2) is 15.6. The second-order valence-electron chi connectivity index (χ2n) is 10.2. The average Bonchev–Trinajstić information content (AvgIpc) is 3.36. The van der Waals surface area contributed by atoms with Crippen molar-refractivity contribution in [2.24, 2.45) is 0 Å². The molecule has 1 fully saturated rings. The molecule has 4 aromatic rings. The number of hydrogen-bond acceptors (Lipinski definition) is 13. The van der Waals surface area contributed by atoms with E-state index in [1.807, 2.05) is 4.98 Å². The molecular formula is C30H28N2O15P2. The van der Waals surface area contributed by atoms with Crippen molar-refractivity contribution in [2.45, 2.75) is 30.7 Å². The number of aromatic nitrogens is 2. The highest BCUT2D eigenvalue weighted by atomic mass is 31.3. The van der Waals surface area contributed by atoms with Crippen LogP contribution in [0.3, 0.4) is 0 Å². The lowest BCUT2D eigenvalue weighted by Crippen LogP contribution is -2.43. The molecule has 3 aromatic carbocycles. The number of ether oxygens (including phenoxy) is 5. The molecule has 19 heteroatoms. The molecule has 1 aliphatic rings. The number of carbonyl (C=O) groups is 2. The summed E-state index contributed by atoms with van der Waals surface area (Å²) < 4.78 is 63.0. The Morgan fingerprint density at radius 2 is 1.31 bits per heavy atom. The fraction of sp³-hybridized carbons (Fsp3) is 0.200. The fourth-order valence-electron chi connectivity index (χ4n) is 4.60. The number of benzene rings is 3. The summed E-state index contributed by atoms with van der Waals surface area (Å²) in [5.41, 5.74) is -1.48. The molecular weight excluding hydrogens is 690 g/mol. The molecule has 0 aliphatic carbocycles. The summed E-state index contributed by atoms with van der Waals surface area (Å²) in [7, 11) is -10.1. The van der Waals surface area contributed by atoms with Gasteiger partial charge in [0.2, 0.25) is 0 Å². The van der Waals surface area contributed by atoms with E-state index in [0.29, 0.717) is 5.56 Å². The van der Waals surface area contributed by atoms with Gasteiger partial charge in [0.05, 0.1) is 12.8 Å². The number of phosphoric ester groups is 1. The number of nitrogens with one attached hydrogen (secondary N) is 1. The Kier molecular flexibility index (Phi) is 11.3. The van der Waals surface area contributed by atoms with E-state index in [-0.39, 0.29) is 11.5 Å². The van der Waals surface area contributed by atoms with Crippen molar-refractivity contribution in [1.29, 1.82) is 0 Å². The molecule has 6 atom stereocenters. The van der Waals surface area contributed by atoms with Crippen molar-refractivity contribution in [3.8, 4) is 11.5 Å². The van der Waals surface area contributed by atoms with Crippen LogP contribution in [0, 0.1) is 0 Å². The number of aromatic amines is 1. The zero-order valence-corrected chi connectivity index (χ0v) is 26.9. The summed E-state index contributed by atoms with van der Waals surface area (Å²) in [5.74, 6) is 0.117. The van der Waals surface area contributed by atoms with E-state index in [0.717, 1.165) is 16.8 Å². The SMILES string of the molecule is O=C(Oc1ccccc1)OC1[C@@H](OC(=O)Oc2ccccc2)[C@@H](COP(=O)(O)OP(=O)(O)Cc2ccccc2)O[C@H]1n1ccc(=O)[nH]c1=O. The number of para-hydroxylation sites is 2. The molecule has 258 valence electrons. The van der Waals surface area contributed by atoms with Crippen molar-refractivity contribution in [3.05, 3.63) is 130 Å². The van der Waals surface area contributed by atoms with Crippen molar-refractivity contribution in [3.63, 3.8) is 0 Å². The highest BCUT2D eigenvalue weighted by molar-refractivity contribution is 7.63. The molecule has 49 heavy (non-hydrogen) atoms. The Bertz CT molecular complexity index is 1960. The van der Waals surface area contributed by atoms with Crippen LogP contribution in [0.2, 0.25) is 0 Å². The number of rotatable bonds is 12. The zero-order chi connectivity index (χ0) is 35.0. The summed E-state index contributed by atoms with van der Waals surface area (Å²) in [4.78, 5) is 73.1. The fourth-order valence-corrected chi connectivity index (χ4v) is 7.31. The van der Waals surface area contributed by atoms with Crippen molar-refractivity contribution >= 4 is 27.7 Å². The molecule has 1 aliphatic heterocycles. The number of nitrogens with zero attached hydrogens (tertiary/aromatic N) is 1. The summed E-state index contributed by atoms with van der Waals surface area (Å²) in [6.07, 6.45) is -9.14. The van der Waals surface area contributed by atoms with Crippen LogP contribution in [0.15, 0.2) is 113 Å². The van der Waals surface area contributed by atoms with Gasteiger partial charge in [-0.3, -0.25) is 23.4 Å². The van der Waals surface area contributed by atoms with E-state index in [1.54, 1.807) is 54.6 Å². The minimum atomic E-state index is -5.33. The minimum absolute atomic E-state index is 0.0546. The van der Waals surface area contributed by atoms with Gasteiger partial charge in [0.15, 0.2) is 18.4 Å². The van der Waals surface area contributed by atoms with Crippen LogP contribution < -0.4 is 20.7 Å². The molecule has 3 N–H and O–H groups in total. The van der Waals surface area contributed by atoms with E-state index >= 15 is 0 Å². The first kappa shape index (κ1) is 35.4. The lowest BCUT2D eigenvalue weighted by Gasteiger charge is -2.24. The van der Waals surface area contributed by atoms with Gasteiger partial charge in [0.25, 0.3) is 5.56 Å². The molecule has 0 saturated carbocycles. The van der Waals surface area contributed by atoms with E-state index in [2.05, 4.69) is 4.31 Å². The third-order valence-electron chi connectivity index (χ3n) is 6.62. The third kappa shape index (κ3) is 10.1. The smallest absolute Gasteiger partial charge is 0.424 e. The third-order valence-corrected chi connectivity index (χ3v) is 9.71. The normalized spacial score (nSPS) is 21.1. The van der Waals surface area contributed by atoms with Crippen LogP contribution in [0.4, 0.5) is 9.59 Å². The summed E-state index contributed by atoms with van der Waals surface area (Å²) in [5, 5.41) is 0. The Labute approximate surface area is 276 Å². The van der Waals surface area contributed by atoms with Crippen LogP contribution in [-0.4, -0.2) is 56.6 Å². The van der Waals surface area contributed by atoms with Gasteiger partial charge >= 0.3 is 33.4 Å². The molecule has 1 saturated heterocycles. The number of hydrogen-bond donors (Lipinski definition) is 3. The number of H-pyrrole nitrogens is 1. The Morgan fingerprint density at radius 3 is 1.86 bits per heavy atom.